The van der Waals surface area contributed by atoms with E-state index in [1.165, 1.54) is 31.4 Å². The van der Waals surface area contributed by atoms with Crippen molar-refractivity contribution < 1.29 is 23.1 Å². The van der Waals surface area contributed by atoms with Crippen LogP contribution in [0.1, 0.15) is 22.3 Å². The van der Waals surface area contributed by atoms with E-state index in [1.807, 2.05) is 0 Å². The molecule has 1 saturated heterocycles. The lowest BCUT2D eigenvalue weighted by molar-refractivity contribution is 0.102. The summed E-state index contributed by atoms with van der Waals surface area (Å²) >= 11 is 0. The van der Waals surface area contributed by atoms with Crippen LogP contribution in [0.3, 0.4) is 0 Å². The van der Waals surface area contributed by atoms with Crippen molar-refractivity contribution in [1.29, 1.82) is 0 Å². The molecule has 1 fully saturated rings. The van der Waals surface area contributed by atoms with Gasteiger partial charge in [0.15, 0.2) is 0 Å². The Morgan fingerprint density at radius 3 is 2.61 bits per heavy atom. The summed E-state index contributed by atoms with van der Waals surface area (Å²) in [6.07, 6.45) is 0.684. The van der Waals surface area contributed by atoms with Crippen LogP contribution in [0.25, 0.3) is 0 Å². The summed E-state index contributed by atoms with van der Waals surface area (Å²) in [5, 5.41) is 2.73. The van der Waals surface area contributed by atoms with Crippen molar-refractivity contribution in [2.45, 2.75) is 13.0 Å². The van der Waals surface area contributed by atoms with E-state index in [4.69, 9.17) is 4.74 Å². The highest BCUT2D eigenvalue weighted by atomic mass is 19.1. The molecule has 1 N–H and O–H groups in total. The van der Waals surface area contributed by atoms with Gasteiger partial charge in [-0.3, -0.25) is 9.69 Å². The van der Waals surface area contributed by atoms with Crippen molar-refractivity contribution in [2.75, 3.05) is 30.4 Å². The maximum absolute atomic E-state index is 14.1. The molecule has 3 aromatic rings. The number of hydrogen-bond acceptors (Lipinski definition) is 3. The molecule has 6 nitrogen and oxygen atoms in total. The highest BCUT2D eigenvalue weighted by molar-refractivity contribution is 6.05. The van der Waals surface area contributed by atoms with E-state index < -0.39 is 11.7 Å². The minimum atomic E-state index is -0.507. The lowest BCUT2D eigenvalue weighted by Gasteiger charge is -2.36. The Kier molecular flexibility index (Phi) is 6.53. The molecule has 3 aromatic carbocycles. The SMILES string of the molecule is COc1ccc(NC(=O)c2cccc(F)c2)cc1N1CCCN(Cc2ccccc2F)C1=O. The number of urea groups is 1. The van der Waals surface area contributed by atoms with Gasteiger partial charge in [-0.2, -0.15) is 0 Å². The first-order valence-electron chi connectivity index (χ1n) is 10.5. The fourth-order valence-electron chi connectivity index (χ4n) is 3.80. The molecule has 170 valence electrons. The topological polar surface area (TPSA) is 61.9 Å². The smallest absolute Gasteiger partial charge is 0.324 e. The van der Waals surface area contributed by atoms with Gasteiger partial charge in [0.2, 0.25) is 0 Å². The zero-order valence-corrected chi connectivity index (χ0v) is 18.1. The maximum atomic E-state index is 14.1. The third kappa shape index (κ3) is 4.95. The van der Waals surface area contributed by atoms with Gasteiger partial charge in [-0.05, 0) is 48.9 Å². The van der Waals surface area contributed by atoms with Gasteiger partial charge in [-0.1, -0.05) is 24.3 Å². The number of carbonyl (C=O) groups is 2. The van der Waals surface area contributed by atoms with E-state index in [-0.39, 0.29) is 24.0 Å². The van der Waals surface area contributed by atoms with Crippen LogP contribution in [-0.2, 0) is 6.54 Å². The van der Waals surface area contributed by atoms with Gasteiger partial charge in [0.25, 0.3) is 5.91 Å². The number of carbonyl (C=O) groups excluding carboxylic acids is 2. The van der Waals surface area contributed by atoms with Crippen LogP contribution in [0, 0.1) is 11.6 Å². The minimum absolute atomic E-state index is 0.153. The summed E-state index contributed by atoms with van der Waals surface area (Å²) < 4.78 is 33.0. The molecule has 0 aliphatic carbocycles. The van der Waals surface area contributed by atoms with Gasteiger partial charge >= 0.3 is 6.03 Å². The van der Waals surface area contributed by atoms with Crippen molar-refractivity contribution in [3.63, 3.8) is 0 Å². The third-order valence-electron chi connectivity index (χ3n) is 5.44. The molecule has 0 radical (unpaired) electrons. The zero-order chi connectivity index (χ0) is 23.4. The summed E-state index contributed by atoms with van der Waals surface area (Å²) in [5.41, 5.74) is 1.53. The van der Waals surface area contributed by atoms with Crippen molar-refractivity contribution in [2.24, 2.45) is 0 Å². The number of methoxy groups -OCH3 is 1. The van der Waals surface area contributed by atoms with Gasteiger partial charge in [0.05, 0.1) is 19.3 Å². The fraction of sp³-hybridized carbons (Fsp3) is 0.200. The molecule has 1 aliphatic heterocycles. The van der Waals surface area contributed by atoms with Gasteiger partial charge in [0.1, 0.15) is 17.4 Å². The lowest BCUT2D eigenvalue weighted by Crippen LogP contribution is -2.49. The molecule has 1 heterocycles. The van der Waals surface area contributed by atoms with E-state index in [0.29, 0.717) is 42.2 Å². The molecule has 8 heteroatoms. The van der Waals surface area contributed by atoms with Crippen LogP contribution in [0.5, 0.6) is 5.75 Å². The number of rotatable bonds is 6. The largest absolute Gasteiger partial charge is 0.495 e. The first kappa shape index (κ1) is 22.3. The molecule has 33 heavy (non-hydrogen) atoms. The number of ether oxygens (including phenoxy) is 1. The summed E-state index contributed by atoms with van der Waals surface area (Å²) in [6, 6.07) is 16.4. The molecule has 0 spiro atoms. The Hall–Kier alpha value is -3.94. The van der Waals surface area contributed by atoms with Crippen molar-refractivity contribution >= 4 is 23.3 Å². The molecule has 0 unspecified atom stereocenters. The number of benzene rings is 3. The second-order valence-corrected chi connectivity index (χ2v) is 7.65. The molecular weight excluding hydrogens is 428 g/mol. The minimum Gasteiger partial charge on any atom is -0.495 e. The summed E-state index contributed by atoms with van der Waals surface area (Å²) in [6.45, 7) is 1.10. The number of hydrogen-bond donors (Lipinski definition) is 1. The summed E-state index contributed by atoms with van der Waals surface area (Å²) in [7, 11) is 1.50. The average Bonchev–Trinajstić information content (AvgIpc) is 2.82. The van der Waals surface area contributed by atoms with Crippen LogP contribution in [0.2, 0.25) is 0 Å². The Balaban J connectivity index is 1.57. The molecule has 0 atom stereocenters. The number of amides is 3. The molecule has 3 amide bonds. The van der Waals surface area contributed by atoms with E-state index >= 15 is 0 Å². The highest BCUT2D eigenvalue weighted by Crippen LogP contribution is 2.34. The first-order valence-corrected chi connectivity index (χ1v) is 10.5. The van der Waals surface area contributed by atoms with Crippen molar-refractivity contribution in [3.05, 3.63) is 89.5 Å². The number of anilines is 2. The number of halogens is 2. The monoisotopic (exact) mass is 451 g/mol. The van der Waals surface area contributed by atoms with Gasteiger partial charge in [0, 0.05) is 29.9 Å². The zero-order valence-electron chi connectivity index (χ0n) is 18.1. The predicted molar refractivity (Wildman–Crippen MR) is 122 cm³/mol. The van der Waals surface area contributed by atoms with E-state index in [0.717, 1.165) is 6.07 Å². The molecule has 0 aromatic heterocycles. The fourth-order valence-corrected chi connectivity index (χ4v) is 3.80. The highest BCUT2D eigenvalue weighted by Gasteiger charge is 2.29. The molecular formula is C25H23F2N3O3. The normalized spacial score (nSPS) is 13.7. The van der Waals surface area contributed by atoms with Crippen LogP contribution in [0.4, 0.5) is 25.0 Å². The van der Waals surface area contributed by atoms with Crippen LogP contribution < -0.4 is 15.0 Å². The van der Waals surface area contributed by atoms with Gasteiger partial charge in [-0.15, -0.1) is 0 Å². The maximum Gasteiger partial charge on any atom is 0.324 e. The molecule has 4 rings (SSSR count). The third-order valence-corrected chi connectivity index (χ3v) is 5.44. The van der Waals surface area contributed by atoms with E-state index in [2.05, 4.69) is 5.32 Å². The van der Waals surface area contributed by atoms with E-state index in [9.17, 15) is 18.4 Å². The Morgan fingerprint density at radius 1 is 1.03 bits per heavy atom. The number of nitrogens with zero attached hydrogens (tertiary/aromatic N) is 2. The summed E-state index contributed by atoms with van der Waals surface area (Å²) in [5.74, 6) is -0.884. The average molecular weight is 451 g/mol. The van der Waals surface area contributed by atoms with Crippen LogP contribution in [0.15, 0.2) is 66.7 Å². The first-order chi connectivity index (χ1) is 16.0. The molecule has 1 aliphatic rings. The van der Waals surface area contributed by atoms with Crippen molar-refractivity contribution in [1.82, 2.24) is 4.90 Å². The molecule has 0 bridgehead atoms. The Morgan fingerprint density at radius 2 is 1.85 bits per heavy atom. The van der Waals surface area contributed by atoms with Gasteiger partial charge < -0.3 is 15.0 Å². The lowest BCUT2D eigenvalue weighted by atomic mass is 10.1. The second kappa shape index (κ2) is 9.68. The van der Waals surface area contributed by atoms with Crippen molar-refractivity contribution in [3.8, 4) is 5.75 Å². The second-order valence-electron chi connectivity index (χ2n) is 7.65. The predicted octanol–water partition coefficient (Wildman–Crippen LogP) is 5.06. The Labute approximate surface area is 190 Å². The van der Waals surface area contributed by atoms with Crippen LogP contribution >= 0.6 is 0 Å². The quantitative estimate of drug-likeness (QED) is 0.570. The van der Waals surface area contributed by atoms with E-state index in [1.54, 1.807) is 46.2 Å². The van der Waals surface area contributed by atoms with Gasteiger partial charge in [-0.25, -0.2) is 13.6 Å². The molecule has 0 saturated carbocycles. The Bertz CT molecular complexity index is 1190. The van der Waals surface area contributed by atoms with Crippen LogP contribution in [-0.4, -0.2) is 37.0 Å². The standard InChI is InChI=1S/C25H23F2N3O3/c1-33-23-11-10-20(28-24(31)17-7-4-8-19(26)14-17)15-22(23)30-13-5-12-29(25(30)32)16-18-6-2-3-9-21(18)27/h2-4,6-11,14-15H,5,12-13,16H2,1H3,(H,28,31). The number of nitrogens with one attached hydrogen (secondary N) is 1. The summed E-state index contributed by atoms with van der Waals surface area (Å²) in [4.78, 5) is 28.9.